The smallest absolute Gasteiger partial charge is 0.257 e. The third-order valence-electron chi connectivity index (χ3n) is 5.31. The first-order chi connectivity index (χ1) is 13.1. The van der Waals surface area contributed by atoms with Gasteiger partial charge in [-0.1, -0.05) is 36.4 Å². The Hall–Kier alpha value is -2.92. The molecular formula is C22H22N2O3. The first-order valence-electron chi connectivity index (χ1n) is 9.17. The number of hydrogen-bond donors (Lipinski definition) is 1. The number of para-hydroxylation sites is 1. The average Bonchev–Trinajstić information content (AvgIpc) is 3.24. The van der Waals surface area contributed by atoms with Gasteiger partial charge in [0.2, 0.25) is 0 Å². The highest BCUT2D eigenvalue weighted by molar-refractivity contribution is 6.05. The van der Waals surface area contributed by atoms with Crippen LogP contribution in [0.25, 0.3) is 22.3 Å². The van der Waals surface area contributed by atoms with E-state index in [4.69, 9.17) is 4.42 Å². The van der Waals surface area contributed by atoms with Crippen LogP contribution in [0.4, 0.5) is 0 Å². The third kappa shape index (κ3) is 3.04. The predicted molar refractivity (Wildman–Crippen MR) is 106 cm³/mol. The van der Waals surface area contributed by atoms with Crippen molar-refractivity contribution in [2.75, 3.05) is 20.1 Å². The Morgan fingerprint density at radius 1 is 1.15 bits per heavy atom. The number of nitrogens with zero attached hydrogens (tertiary/aromatic N) is 1. The van der Waals surface area contributed by atoms with Crippen molar-refractivity contribution >= 4 is 16.9 Å². The molecule has 0 radical (unpaired) electrons. The summed E-state index contributed by atoms with van der Waals surface area (Å²) in [7, 11) is 1.81. The molecule has 5 nitrogen and oxygen atoms in total. The predicted octanol–water partition coefficient (Wildman–Crippen LogP) is 3.20. The summed E-state index contributed by atoms with van der Waals surface area (Å²) in [6, 6.07) is 14.9. The van der Waals surface area contributed by atoms with E-state index >= 15 is 0 Å². The lowest BCUT2D eigenvalue weighted by molar-refractivity contribution is 0.0744. The minimum absolute atomic E-state index is 0.102. The zero-order valence-corrected chi connectivity index (χ0v) is 15.5. The number of fused-ring (bicyclic) bond motifs is 1. The second-order valence-electron chi connectivity index (χ2n) is 7.00. The van der Waals surface area contributed by atoms with Crippen LogP contribution in [0.1, 0.15) is 22.3 Å². The summed E-state index contributed by atoms with van der Waals surface area (Å²) in [5, 5.41) is 3.72. The number of carbonyl (C=O) groups excluding carboxylic acids is 1. The number of hydrogen-bond acceptors (Lipinski definition) is 4. The number of likely N-dealkylation sites (N-methyl/N-ethyl adjacent to an activating group) is 1. The van der Waals surface area contributed by atoms with Crippen molar-refractivity contribution in [2.24, 2.45) is 0 Å². The summed E-state index contributed by atoms with van der Waals surface area (Å²) < 4.78 is 6.16. The van der Waals surface area contributed by atoms with Gasteiger partial charge in [-0.3, -0.25) is 9.59 Å². The van der Waals surface area contributed by atoms with Gasteiger partial charge >= 0.3 is 0 Å². The Morgan fingerprint density at radius 2 is 1.93 bits per heavy atom. The molecule has 27 heavy (non-hydrogen) atoms. The highest BCUT2D eigenvalue weighted by atomic mass is 16.3. The van der Waals surface area contributed by atoms with Crippen molar-refractivity contribution < 1.29 is 9.21 Å². The van der Waals surface area contributed by atoms with Crippen LogP contribution < -0.4 is 10.7 Å². The van der Waals surface area contributed by atoms with E-state index in [0.29, 0.717) is 27.9 Å². The molecule has 3 aromatic rings. The molecular weight excluding hydrogens is 340 g/mol. The molecule has 0 aliphatic carbocycles. The molecule has 1 atom stereocenters. The van der Waals surface area contributed by atoms with E-state index in [1.54, 1.807) is 30.0 Å². The lowest BCUT2D eigenvalue weighted by Crippen LogP contribution is -2.38. The number of carbonyl (C=O) groups is 1. The maximum Gasteiger partial charge on any atom is 0.257 e. The van der Waals surface area contributed by atoms with Gasteiger partial charge in [-0.2, -0.15) is 0 Å². The quantitative estimate of drug-likeness (QED) is 0.777. The summed E-state index contributed by atoms with van der Waals surface area (Å²) in [4.78, 5) is 27.8. The zero-order chi connectivity index (χ0) is 19.0. The minimum Gasteiger partial charge on any atom is -0.455 e. The molecule has 1 fully saturated rings. The van der Waals surface area contributed by atoms with E-state index < -0.39 is 0 Å². The molecule has 4 rings (SSSR count). The van der Waals surface area contributed by atoms with Gasteiger partial charge in [-0.15, -0.1) is 0 Å². The van der Waals surface area contributed by atoms with Crippen LogP contribution in [-0.2, 0) is 0 Å². The van der Waals surface area contributed by atoms with Crippen LogP contribution in [-0.4, -0.2) is 37.0 Å². The monoisotopic (exact) mass is 362 g/mol. The molecule has 0 bridgehead atoms. The van der Waals surface area contributed by atoms with Crippen LogP contribution in [0.3, 0.4) is 0 Å². The SMILES string of the molecule is Cc1c(-c2ccccc2)oc2c(C(=O)N(C)C3CCNC3)cccc2c1=O. The summed E-state index contributed by atoms with van der Waals surface area (Å²) in [6.45, 7) is 3.45. The summed E-state index contributed by atoms with van der Waals surface area (Å²) in [5.41, 5.74) is 2.05. The van der Waals surface area contributed by atoms with E-state index in [2.05, 4.69) is 5.32 Å². The molecule has 0 spiro atoms. The van der Waals surface area contributed by atoms with E-state index in [0.717, 1.165) is 25.1 Å². The molecule has 1 saturated heterocycles. The zero-order valence-electron chi connectivity index (χ0n) is 15.5. The molecule has 0 saturated carbocycles. The van der Waals surface area contributed by atoms with Crippen molar-refractivity contribution in [1.82, 2.24) is 10.2 Å². The topological polar surface area (TPSA) is 62.6 Å². The van der Waals surface area contributed by atoms with Crippen LogP contribution in [0, 0.1) is 6.92 Å². The van der Waals surface area contributed by atoms with Gasteiger partial charge in [0.15, 0.2) is 11.0 Å². The largest absolute Gasteiger partial charge is 0.455 e. The summed E-state index contributed by atoms with van der Waals surface area (Å²) >= 11 is 0. The maximum absolute atomic E-state index is 13.1. The van der Waals surface area contributed by atoms with Crippen LogP contribution in [0.15, 0.2) is 57.7 Å². The van der Waals surface area contributed by atoms with Crippen molar-refractivity contribution in [3.63, 3.8) is 0 Å². The number of nitrogens with one attached hydrogen (secondary N) is 1. The lowest BCUT2D eigenvalue weighted by Gasteiger charge is -2.24. The standard InChI is InChI=1S/C22H22N2O3/c1-14-19(25)17-9-6-10-18(22(26)24(2)16-11-12-23-13-16)21(17)27-20(14)15-7-4-3-5-8-15/h3-10,16,23H,11-13H2,1-2H3. The molecule has 138 valence electrons. The van der Waals surface area contributed by atoms with E-state index in [1.165, 1.54) is 0 Å². The Kier molecular flexibility index (Phi) is 4.54. The number of amides is 1. The number of rotatable bonds is 3. The van der Waals surface area contributed by atoms with E-state index in [1.807, 2.05) is 37.4 Å². The molecule has 1 unspecified atom stereocenters. The second-order valence-corrected chi connectivity index (χ2v) is 7.00. The van der Waals surface area contributed by atoms with Gasteiger partial charge in [0.25, 0.3) is 5.91 Å². The fourth-order valence-corrected chi connectivity index (χ4v) is 3.67. The Balaban J connectivity index is 1.88. The molecule has 1 aliphatic heterocycles. The summed E-state index contributed by atoms with van der Waals surface area (Å²) in [6.07, 6.45) is 0.922. The van der Waals surface area contributed by atoms with Gasteiger partial charge in [0, 0.05) is 30.8 Å². The molecule has 2 heterocycles. The number of benzene rings is 2. The van der Waals surface area contributed by atoms with E-state index in [-0.39, 0.29) is 17.4 Å². The second kappa shape index (κ2) is 7.00. The van der Waals surface area contributed by atoms with Crippen LogP contribution in [0.5, 0.6) is 0 Å². The molecule has 1 amide bonds. The van der Waals surface area contributed by atoms with Crippen LogP contribution in [0.2, 0.25) is 0 Å². The van der Waals surface area contributed by atoms with Crippen LogP contribution >= 0.6 is 0 Å². The van der Waals surface area contributed by atoms with Crippen molar-refractivity contribution in [1.29, 1.82) is 0 Å². The Bertz CT molecular complexity index is 1050. The van der Waals surface area contributed by atoms with Gasteiger partial charge in [0.05, 0.1) is 10.9 Å². The highest BCUT2D eigenvalue weighted by Crippen LogP contribution is 2.28. The third-order valence-corrected chi connectivity index (χ3v) is 5.31. The molecule has 1 aliphatic rings. The fraction of sp³-hybridized carbons (Fsp3) is 0.273. The summed E-state index contributed by atoms with van der Waals surface area (Å²) in [5.74, 6) is 0.388. The first kappa shape index (κ1) is 17.5. The maximum atomic E-state index is 13.1. The molecule has 1 N–H and O–H groups in total. The van der Waals surface area contributed by atoms with Gasteiger partial charge in [0.1, 0.15) is 5.76 Å². The van der Waals surface area contributed by atoms with Gasteiger partial charge in [-0.05, 0) is 32.0 Å². The highest BCUT2D eigenvalue weighted by Gasteiger charge is 2.26. The molecule has 1 aromatic heterocycles. The van der Waals surface area contributed by atoms with Crippen molar-refractivity contribution in [3.05, 3.63) is 69.9 Å². The van der Waals surface area contributed by atoms with Gasteiger partial charge < -0.3 is 14.6 Å². The molecule has 5 heteroatoms. The first-order valence-corrected chi connectivity index (χ1v) is 9.17. The fourth-order valence-electron chi connectivity index (χ4n) is 3.67. The minimum atomic E-state index is -0.125. The average molecular weight is 362 g/mol. The normalized spacial score (nSPS) is 16.6. The van der Waals surface area contributed by atoms with Crippen molar-refractivity contribution in [3.8, 4) is 11.3 Å². The van der Waals surface area contributed by atoms with E-state index in [9.17, 15) is 9.59 Å². The van der Waals surface area contributed by atoms with Gasteiger partial charge in [-0.25, -0.2) is 0 Å². The lowest BCUT2D eigenvalue weighted by atomic mass is 10.0. The molecule has 2 aromatic carbocycles. The Morgan fingerprint density at radius 3 is 2.63 bits per heavy atom. The Labute approximate surface area is 157 Å². The van der Waals surface area contributed by atoms with Crippen molar-refractivity contribution in [2.45, 2.75) is 19.4 Å².